The summed E-state index contributed by atoms with van der Waals surface area (Å²) in [5.74, 6) is 0.883. The fourth-order valence-corrected chi connectivity index (χ4v) is 2.71. The first-order valence-corrected chi connectivity index (χ1v) is 8.58. The van der Waals surface area contributed by atoms with Crippen molar-refractivity contribution in [1.29, 1.82) is 0 Å². The molecule has 0 aliphatic carbocycles. The van der Waals surface area contributed by atoms with Gasteiger partial charge in [-0.2, -0.15) is 0 Å². The van der Waals surface area contributed by atoms with E-state index in [0.717, 1.165) is 45.4 Å². The number of hydrogen-bond acceptors (Lipinski definition) is 3. The highest BCUT2D eigenvalue weighted by Gasteiger charge is 2.16. The zero-order valence-corrected chi connectivity index (χ0v) is 14.6. The van der Waals surface area contributed by atoms with Gasteiger partial charge in [-0.1, -0.05) is 29.8 Å². The van der Waals surface area contributed by atoms with E-state index in [0.29, 0.717) is 12.6 Å². The first-order chi connectivity index (χ1) is 11.2. The molecular weight excluding hydrogens is 288 g/mol. The van der Waals surface area contributed by atoms with E-state index in [-0.39, 0.29) is 0 Å². The highest BCUT2D eigenvalue weighted by atomic mass is 16.5. The van der Waals surface area contributed by atoms with Gasteiger partial charge in [0.05, 0.1) is 19.8 Å². The van der Waals surface area contributed by atoms with Crippen LogP contribution in [-0.4, -0.2) is 56.3 Å². The molecule has 128 valence electrons. The van der Waals surface area contributed by atoms with Crippen LogP contribution < -0.4 is 10.6 Å². The summed E-state index contributed by atoms with van der Waals surface area (Å²) < 4.78 is 5.41. The topological polar surface area (TPSA) is 48.9 Å². The Morgan fingerprint density at radius 3 is 2.78 bits per heavy atom. The van der Waals surface area contributed by atoms with Crippen LogP contribution in [0.15, 0.2) is 29.3 Å². The van der Waals surface area contributed by atoms with Gasteiger partial charge < -0.3 is 15.4 Å². The molecule has 0 amide bonds. The Labute approximate surface area is 140 Å². The number of benzene rings is 1. The Kier molecular flexibility index (Phi) is 7.36. The molecule has 1 aromatic rings. The Balaban J connectivity index is 1.85. The van der Waals surface area contributed by atoms with Crippen molar-refractivity contribution >= 4 is 5.96 Å². The number of rotatable bonds is 6. The maximum atomic E-state index is 5.41. The van der Waals surface area contributed by atoms with Crippen LogP contribution in [0, 0.1) is 6.92 Å². The molecule has 1 heterocycles. The fourth-order valence-electron chi connectivity index (χ4n) is 2.71. The third-order valence-corrected chi connectivity index (χ3v) is 4.08. The summed E-state index contributed by atoms with van der Waals surface area (Å²) in [6.45, 7) is 12.6. The number of hydrogen-bond donors (Lipinski definition) is 2. The molecule has 0 radical (unpaired) electrons. The van der Waals surface area contributed by atoms with E-state index in [2.05, 4.69) is 60.6 Å². The number of morpholine rings is 1. The molecule has 0 aromatic heterocycles. The van der Waals surface area contributed by atoms with Gasteiger partial charge in [0.15, 0.2) is 5.96 Å². The number of guanidine groups is 1. The second-order valence-corrected chi connectivity index (χ2v) is 6.06. The van der Waals surface area contributed by atoms with Crippen LogP contribution >= 0.6 is 0 Å². The third-order valence-electron chi connectivity index (χ3n) is 4.08. The molecule has 2 N–H and O–H groups in total. The minimum Gasteiger partial charge on any atom is -0.379 e. The van der Waals surface area contributed by atoms with E-state index in [1.54, 1.807) is 0 Å². The number of nitrogens with one attached hydrogen (secondary N) is 2. The molecule has 1 aromatic carbocycles. The van der Waals surface area contributed by atoms with Crippen molar-refractivity contribution in [3.63, 3.8) is 0 Å². The van der Waals surface area contributed by atoms with E-state index in [9.17, 15) is 0 Å². The number of nitrogens with zero attached hydrogens (tertiary/aromatic N) is 2. The van der Waals surface area contributed by atoms with Crippen LogP contribution in [0.25, 0.3) is 0 Å². The van der Waals surface area contributed by atoms with Crippen molar-refractivity contribution in [2.45, 2.75) is 33.4 Å². The Bertz CT molecular complexity index is 498. The number of aliphatic imine (C=N–C) groups is 1. The number of aryl methyl sites for hydroxylation is 1. The lowest BCUT2D eigenvalue weighted by Gasteiger charge is -2.32. The van der Waals surface area contributed by atoms with Crippen molar-refractivity contribution in [2.24, 2.45) is 4.99 Å². The fraction of sp³-hybridized carbons (Fsp3) is 0.611. The molecule has 0 bridgehead atoms. The first kappa shape index (κ1) is 17.8. The Morgan fingerprint density at radius 2 is 2.09 bits per heavy atom. The lowest BCUT2D eigenvalue weighted by atomic mass is 10.1. The molecule has 23 heavy (non-hydrogen) atoms. The van der Waals surface area contributed by atoms with E-state index in [4.69, 9.17) is 9.73 Å². The van der Waals surface area contributed by atoms with Crippen molar-refractivity contribution in [3.8, 4) is 0 Å². The van der Waals surface area contributed by atoms with Crippen LogP contribution in [0.5, 0.6) is 0 Å². The van der Waals surface area contributed by atoms with Gasteiger partial charge in [0.1, 0.15) is 0 Å². The first-order valence-electron chi connectivity index (χ1n) is 8.58. The van der Waals surface area contributed by atoms with Crippen LogP contribution in [0.3, 0.4) is 0 Å². The van der Waals surface area contributed by atoms with Crippen molar-refractivity contribution in [2.75, 3.05) is 39.4 Å². The molecule has 1 unspecified atom stereocenters. The minimum absolute atomic E-state index is 0.474. The Hall–Kier alpha value is -1.59. The minimum atomic E-state index is 0.474. The molecule has 1 fully saturated rings. The van der Waals surface area contributed by atoms with Gasteiger partial charge in [-0.25, -0.2) is 4.99 Å². The maximum Gasteiger partial charge on any atom is 0.191 e. The largest absolute Gasteiger partial charge is 0.379 e. The normalized spacial score (nSPS) is 17.8. The molecule has 2 rings (SSSR count). The zero-order valence-electron chi connectivity index (χ0n) is 14.6. The summed E-state index contributed by atoms with van der Waals surface area (Å²) in [6.07, 6.45) is 0. The van der Waals surface area contributed by atoms with Gasteiger partial charge in [0.25, 0.3) is 0 Å². The summed E-state index contributed by atoms with van der Waals surface area (Å²) in [7, 11) is 0. The lowest BCUT2D eigenvalue weighted by Crippen LogP contribution is -2.49. The van der Waals surface area contributed by atoms with Crippen LogP contribution in [-0.2, 0) is 11.3 Å². The summed E-state index contributed by atoms with van der Waals surface area (Å²) in [6, 6.07) is 8.98. The van der Waals surface area contributed by atoms with Crippen LogP contribution in [0.4, 0.5) is 0 Å². The predicted molar refractivity (Wildman–Crippen MR) is 95.9 cm³/mol. The summed E-state index contributed by atoms with van der Waals surface area (Å²) in [5, 5.41) is 6.78. The highest BCUT2D eigenvalue weighted by molar-refractivity contribution is 5.79. The van der Waals surface area contributed by atoms with Gasteiger partial charge in [0, 0.05) is 32.2 Å². The van der Waals surface area contributed by atoms with Crippen molar-refractivity contribution in [1.82, 2.24) is 15.5 Å². The monoisotopic (exact) mass is 318 g/mol. The average Bonchev–Trinajstić information content (AvgIpc) is 2.58. The highest BCUT2D eigenvalue weighted by Crippen LogP contribution is 2.05. The van der Waals surface area contributed by atoms with Gasteiger partial charge in [-0.05, 0) is 26.3 Å². The second-order valence-electron chi connectivity index (χ2n) is 6.06. The summed E-state index contributed by atoms with van der Waals surface area (Å²) >= 11 is 0. The summed E-state index contributed by atoms with van der Waals surface area (Å²) in [5.41, 5.74) is 2.51. The molecule has 5 nitrogen and oxygen atoms in total. The van der Waals surface area contributed by atoms with E-state index < -0.39 is 0 Å². The van der Waals surface area contributed by atoms with Crippen molar-refractivity contribution < 1.29 is 4.74 Å². The van der Waals surface area contributed by atoms with Gasteiger partial charge in [-0.3, -0.25) is 4.90 Å². The second kappa shape index (κ2) is 9.53. The predicted octanol–water partition coefficient (Wildman–Crippen LogP) is 1.77. The molecule has 1 aliphatic rings. The van der Waals surface area contributed by atoms with E-state index in [1.165, 1.54) is 11.1 Å². The molecular formula is C18H30N4O. The average molecular weight is 318 g/mol. The van der Waals surface area contributed by atoms with Crippen LogP contribution in [0.1, 0.15) is 25.0 Å². The SMILES string of the molecule is CCNC(=NCc1cccc(C)c1)NCC(C)N1CCOCC1. The molecule has 5 heteroatoms. The molecule has 1 saturated heterocycles. The van der Waals surface area contributed by atoms with Crippen LogP contribution in [0.2, 0.25) is 0 Å². The van der Waals surface area contributed by atoms with E-state index in [1.807, 2.05) is 0 Å². The van der Waals surface area contributed by atoms with Gasteiger partial charge in [0.2, 0.25) is 0 Å². The summed E-state index contributed by atoms with van der Waals surface area (Å²) in [4.78, 5) is 7.15. The molecule has 0 spiro atoms. The quantitative estimate of drug-likeness (QED) is 0.620. The van der Waals surface area contributed by atoms with Gasteiger partial charge in [-0.15, -0.1) is 0 Å². The maximum absolute atomic E-state index is 5.41. The number of ether oxygens (including phenoxy) is 1. The molecule has 1 aliphatic heterocycles. The molecule has 0 saturated carbocycles. The van der Waals surface area contributed by atoms with Gasteiger partial charge >= 0.3 is 0 Å². The van der Waals surface area contributed by atoms with E-state index >= 15 is 0 Å². The molecule has 1 atom stereocenters. The zero-order chi connectivity index (χ0) is 16.5. The Morgan fingerprint density at radius 1 is 1.30 bits per heavy atom. The smallest absolute Gasteiger partial charge is 0.191 e. The standard InChI is InChI=1S/C18H30N4O/c1-4-19-18(21-14-17-7-5-6-15(2)12-17)20-13-16(3)22-8-10-23-11-9-22/h5-7,12,16H,4,8-11,13-14H2,1-3H3,(H2,19,20,21). The van der Waals surface area contributed by atoms with Crippen molar-refractivity contribution in [3.05, 3.63) is 35.4 Å². The lowest BCUT2D eigenvalue weighted by molar-refractivity contribution is 0.0211. The third kappa shape index (κ3) is 6.20.